The lowest BCUT2D eigenvalue weighted by Crippen LogP contribution is -2.23. The minimum atomic E-state index is -4.50. The first-order chi connectivity index (χ1) is 12.2. The number of alkyl halides is 3. The maximum absolute atomic E-state index is 12.7. The number of carbonyl (C=O) groups is 2. The Bertz CT molecular complexity index is 828. The summed E-state index contributed by atoms with van der Waals surface area (Å²) in [5, 5.41) is 5.55. The van der Waals surface area contributed by atoms with Crippen molar-refractivity contribution in [2.45, 2.75) is 18.1 Å². The van der Waals surface area contributed by atoms with Gasteiger partial charge in [-0.1, -0.05) is 6.07 Å². The van der Waals surface area contributed by atoms with Gasteiger partial charge in [-0.2, -0.15) is 13.2 Å². The van der Waals surface area contributed by atoms with Crippen LogP contribution in [0.4, 0.5) is 24.7 Å². The number of aryl methyl sites for hydroxylation is 1. The van der Waals surface area contributed by atoms with Crippen LogP contribution in [0.2, 0.25) is 0 Å². The molecule has 2 N–H and O–H groups in total. The normalized spacial score (nSPS) is 11.1. The molecule has 0 aliphatic carbocycles. The molecule has 0 radical (unpaired) electrons. The number of amides is 1. The van der Waals surface area contributed by atoms with E-state index in [1.54, 1.807) is 13.2 Å². The number of nitrogens with one attached hydrogen (secondary N) is 2. The van der Waals surface area contributed by atoms with E-state index in [-0.39, 0.29) is 23.6 Å². The molecule has 1 heterocycles. The number of hydrogen-bond donors (Lipinski definition) is 2. The lowest BCUT2D eigenvalue weighted by atomic mass is 10.2. The second-order valence-corrected chi connectivity index (χ2v) is 5.94. The maximum atomic E-state index is 12.7. The molecule has 0 atom stereocenters. The minimum Gasteiger partial charge on any atom is -0.360 e. The highest BCUT2D eigenvalue weighted by molar-refractivity contribution is 7.98. The average molecular weight is 384 g/mol. The van der Waals surface area contributed by atoms with Crippen LogP contribution in [0.15, 0.2) is 29.3 Å². The molecule has 0 saturated carbocycles. The van der Waals surface area contributed by atoms with Crippen LogP contribution < -0.4 is 10.6 Å². The van der Waals surface area contributed by atoms with E-state index in [2.05, 4.69) is 20.6 Å². The van der Waals surface area contributed by atoms with E-state index in [4.69, 9.17) is 0 Å². The number of hydrogen-bond acceptors (Lipinski definition) is 6. The Kier molecular flexibility index (Phi) is 6.19. The summed E-state index contributed by atoms with van der Waals surface area (Å²) < 4.78 is 38.1. The summed E-state index contributed by atoms with van der Waals surface area (Å²) >= 11 is 1.26. The lowest BCUT2D eigenvalue weighted by molar-refractivity contribution is -0.137. The van der Waals surface area contributed by atoms with E-state index in [1.165, 1.54) is 23.9 Å². The SMILES string of the molecule is CSc1nc(C)nc(NCC(=O)Nc2cccc(C(F)(F)F)c2)c1C=O. The highest BCUT2D eigenvalue weighted by Crippen LogP contribution is 2.30. The smallest absolute Gasteiger partial charge is 0.360 e. The average Bonchev–Trinajstić information content (AvgIpc) is 2.58. The van der Waals surface area contributed by atoms with Gasteiger partial charge in [0.25, 0.3) is 0 Å². The predicted molar refractivity (Wildman–Crippen MR) is 92.5 cm³/mol. The van der Waals surface area contributed by atoms with Crippen molar-refractivity contribution >= 4 is 35.5 Å². The van der Waals surface area contributed by atoms with Crippen molar-refractivity contribution in [3.8, 4) is 0 Å². The summed E-state index contributed by atoms with van der Waals surface area (Å²) in [7, 11) is 0. The second kappa shape index (κ2) is 8.17. The van der Waals surface area contributed by atoms with Crippen molar-refractivity contribution in [3.05, 3.63) is 41.2 Å². The summed E-state index contributed by atoms with van der Waals surface area (Å²) in [5.41, 5.74) is -0.622. The first-order valence-electron chi connectivity index (χ1n) is 7.33. The standard InChI is InChI=1S/C16H15F3N4O2S/c1-9-21-14(12(8-24)15(22-9)26-2)20-7-13(25)23-11-5-3-4-10(6-11)16(17,18)19/h3-6,8H,7H2,1-2H3,(H,23,25)(H,20,21,22). The number of rotatable bonds is 6. The molecule has 6 nitrogen and oxygen atoms in total. The van der Waals surface area contributed by atoms with E-state index in [0.717, 1.165) is 12.1 Å². The summed E-state index contributed by atoms with van der Waals surface area (Å²) in [6, 6.07) is 4.31. The zero-order valence-corrected chi connectivity index (χ0v) is 14.7. The monoisotopic (exact) mass is 384 g/mol. The number of aromatic nitrogens is 2. The zero-order valence-electron chi connectivity index (χ0n) is 13.8. The predicted octanol–water partition coefficient (Wildman–Crippen LogP) is 3.39. The molecule has 2 rings (SSSR count). The van der Waals surface area contributed by atoms with Crippen LogP contribution in [-0.2, 0) is 11.0 Å². The number of aldehydes is 1. The molecule has 138 valence electrons. The molecular formula is C16H15F3N4O2S. The molecule has 0 saturated heterocycles. The maximum Gasteiger partial charge on any atom is 0.416 e. The molecule has 26 heavy (non-hydrogen) atoms. The molecular weight excluding hydrogens is 369 g/mol. The van der Waals surface area contributed by atoms with Crippen molar-refractivity contribution in [1.82, 2.24) is 9.97 Å². The Morgan fingerprint density at radius 1 is 1.31 bits per heavy atom. The third-order valence-electron chi connectivity index (χ3n) is 3.22. The van der Waals surface area contributed by atoms with Gasteiger partial charge in [0.1, 0.15) is 16.7 Å². The van der Waals surface area contributed by atoms with Crippen molar-refractivity contribution < 1.29 is 22.8 Å². The third kappa shape index (κ3) is 4.94. The molecule has 0 unspecified atom stereocenters. The first kappa shape index (κ1) is 19.7. The highest BCUT2D eigenvalue weighted by atomic mass is 32.2. The van der Waals surface area contributed by atoms with E-state index < -0.39 is 17.6 Å². The van der Waals surface area contributed by atoms with Crippen LogP contribution in [0.1, 0.15) is 21.7 Å². The summed E-state index contributed by atoms with van der Waals surface area (Å²) in [6.07, 6.45) is -2.16. The minimum absolute atomic E-state index is 0.0194. The van der Waals surface area contributed by atoms with E-state index in [1.807, 2.05) is 0 Å². The van der Waals surface area contributed by atoms with Crippen molar-refractivity contribution in [2.24, 2.45) is 0 Å². The van der Waals surface area contributed by atoms with Crippen LogP contribution in [0.5, 0.6) is 0 Å². The van der Waals surface area contributed by atoms with Gasteiger partial charge in [-0.05, 0) is 31.4 Å². The van der Waals surface area contributed by atoms with Crippen LogP contribution in [-0.4, -0.2) is 35.0 Å². The molecule has 1 aromatic carbocycles. The van der Waals surface area contributed by atoms with E-state index in [9.17, 15) is 22.8 Å². The number of nitrogens with zero attached hydrogens (tertiary/aromatic N) is 2. The molecule has 0 aliphatic rings. The molecule has 2 aromatic rings. The van der Waals surface area contributed by atoms with E-state index in [0.29, 0.717) is 17.1 Å². The van der Waals surface area contributed by atoms with E-state index >= 15 is 0 Å². The van der Waals surface area contributed by atoms with Crippen molar-refractivity contribution in [3.63, 3.8) is 0 Å². The fourth-order valence-electron chi connectivity index (χ4n) is 2.09. The fraction of sp³-hybridized carbons (Fsp3) is 0.250. The van der Waals surface area contributed by atoms with Gasteiger partial charge in [-0.3, -0.25) is 9.59 Å². The summed E-state index contributed by atoms with van der Waals surface area (Å²) in [5.74, 6) is 0.0277. The van der Waals surface area contributed by atoms with Gasteiger partial charge in [0.15, 0.2) is 6.29 Å². The number of carbonyl (C=O) groups excluding carboxylic acids is 2. The lowest BCUT2D eigenvalue weighted by Gasteiger charge is -2.12. The molecule has 0 spiro atoms. The van der Waals surface area contributed by atoms with Gasteiger partial charge in [-0.25, -0.2) is 9.97 Å². The van der Waals surface area contributed by atoms with Gasteiger partial charge in [0.05, 0.1) is 17.7 Å². The number of anilines is 2. The molecule has 1 aromatic heterocycles. The van der Waals surface area contributed by atoms with Crippen molar-refractivity contribution in [2.75, 3.05) is 23.4 Å². The van der Waals surface area contributed by atoms with Crippen LogP contribution >= 0.6 is 11.8 Å². The van der Waals surface area contributed by atoms with Gasteiger partial charge < -0.3 is 10.6 Å². The van der Waals surface area contributed by atoms with Gasteiger partial charge in [0, 0.05) is 5.69 Å². The number of benzene rings is 1. The van der Waals surface area contributed by atoms with Crippen LogP contribution in [0, 0.1) is 6.92 Å². The topological polar surface area (TPSA) is 84.0 Å². The zero-order chi connectivity index (χ0) is 19.3. The molecule has 0 fully saturated rings. The van der Waals surface area contributed by atoms with Crippen molar-refractivity contribution in [1.29, 1.82) is 0 Å². The number of thioether (sulfide) groups is 1. The summed E-state index contributed by atoms with van der Waals surface area (Å²) in [4.78, 5) is 31.4. The molecule has 0 bridgehead atoms. The van der Waals surface area contributed by atoms with Gasteiger partial charge >= 0.3 is 6.18 Å². The Morgan fingerprint density at radius 3 is 2.65 bits per heavy atom. The highest BCUT2D eigenvalue weighted by Gasteiger charge is 2.30. The summed E-state index contributed by atoms with van der Waals surface area (Å²) in [6.45, 7) is 1.36. The molecule has 1 amide bonds. The fourth-order valence-corrected chi connectivity index (χ4v) is 2.68. The molecule has 0 aliphatic heterocycles. The largest absolute Gasteiger partial charge is 0.416 e. The van der Waals surface area contributed by atoms with Crippen LogP contribution in [0.3, 0.4) is 0 Å². The first-order valence-corrected chi connectivity index (χ1v) is 8.56. The third-order valence-corrected chi connectivity index (χ3v) is 3.92. The molecule has 10 heteroatoms. The second-order valence-electron chi connectivity index (χ2n) is 5.14. The number of halogens is 3. The van der Waals surface area contributed by atoms with Crippen LogP contribution in [0.25, 0.3) is 0 Å². The Hall–Kier alpha value is -2.62. The quantitative estimate of drug-likeness (QED) is 0.451. The Labute approximate surface area is 151 Å². The van der Waals surface area contributed by atoms with Gasteiger partial charge in [0.2, 0.25) is 5.91 Å². The Balaban J connectivity index is 2.08. The Morgan fingerprint density at radius 2 is 2.04 bits per heavy atom. The van der Waals surface area contributed by atoms with Gasteiger partial charge in [-0.15, -0.1) is 11.8 Å².